The minimum atomic E-state index is -1.56. The van der Waals surface area contributed by atoms with E-state index in [9.17, 15) is 24.3 Å². The summed E-state index contributed by atoms with van der Waals surface area (Å²) in [7, 11) is 3.06. The van der Waals surface area contributed by atoms with Gasteiger partial charge in [0, 0.05) is 25.8 Å². The fourth-order valence-corrected chi connectivity index (χ4v) is 7.80. The number of amides is 3. The van der Waals surface area contributed by atoms with Crippen LogP contribution in [0.25, 0.3) is 0 Å². The largest absolute Gasteiger partial charge is 0.497 e. The van der Waals surface area contributed by atoms with Gasteiger partial charge in [0.05, 0.1) is 44.4 Å². The van der Waals surface area contributed by atoms with Crippen LogP contribution in [0.5, 0.6) is 5.75 Å². The molecule has 3 amide bonds. The Labute approximate surface area is 292 Å². The Morgan fingerprint density at radius 2 is 1.74 bits per heavy atom. The zero-order chi connectivity index (χ0) is 35.6. The van der Waals surface area contributed by atoms with E-state index >= 15 is 0 Å². The lowest BCUT2D eigenvalue weighted by Gasteiger charge is -2.39. The average molecular weight is 688 g/mol. The molecule has 4 aliphatic rings. The molecule has 0 aromatic heterocycles. The van der Waals surface area contributed by atoms with Crippen molar-refractivity contribution in [1.29, 1.82) is 0 Å². The third kappa shape index (κ3) is 6.31. The number of aliphatic hydroxyl groups excluding tert-OH is 1. The summed E-state index contributed by atoms with van der Waals surface area (Å²) in [6.45, 7) is 3.60. The first-order valence-electron chi connectivity index (χ1n) is 17.1. The number of fused-ring (bicyclic) bond motifs is 2. The van der Waals surface area contributed by atoms with Crippen molar-refractivity contribution in [3.05, 3.63) is 84.5 Å². The number of aliphatic hydroxyl groups is 1. The number of anilines is 1. The van der Waals surface area contributed by atoms with Gasteiger partial charge in [0.25, 0.3) is 5.91 Å². The summed E-state index contributed by atoms with van der Waals surface area (Å²) in [5.41, 5.74) is -0.328. The van der Waals surface area contributed by atoms with E-state index in [-0.39, 0.29) is 31.4 Å². The molecule has 0 radical (unpaired) electrons. The van der Waals surface area contributed by atoms with Crippen molar-refractivity contribution in [1.82, 2.24) is 10.2 Å². The highest BCUT2D eigenvalue weighted by atomic mass is 16.6. The fraction of sp³-hybridized carbons (Fsp3) is 0.474. The van der Waals surface area contributed by atoms with E-state index in [1.54, 1.807) is 72.7 Å². The monoisotopic (exact) mass is 687 g/mol. The van der Waals surface area contributed by atoms with Crippen LogP contribution in [0, 0.1) is 17.8 Å². The van der Waals surface area contributed by atoms with Crippen molar-refractivity contribution in [2.45, 2.75) is 62.6 Å². The Balaban J connectivity index is 1.47. The molecule has 6 rings (SSSR count). The number of allylic oxidation sites excluding steroid dienone is 1. The van der Waals surface area contributed by atoms with Crippen molar-refractivity contribution < 1.29 is 43.2 Å². The smallest absolute Gasteiger partial charge is 0.313 e. The Kier molecular flexibility index (Phi) is 10.4. The van der Waals surface area contributed by atoms with Crippen molar-refractivity contribution in [2.75, 3.05) is 38.9 Å². The molecule has 2 saturated heterocycles. The predicted octanol–water partition coefficient (Wildman–Crippen LogP) is 2.96. The third-order valence-electron chi connectivity index (χ3n) is 10.2. The molecule has 2 N–H and O–H groups in total. The molecule has 2 aromatic carbocycles. The van der Waals surface area contributed by atoms with Crippen LogP contribution in [0.4, 0.5) is 5.69 Å². The summed E-state index contributed by atoms with van der Waals surface area (Å²) in [4.78, 5) is 60.4. The first-order chi connectivity index (χ1) is 24.1. The Hall–Kier alpha value is -4.52. The molecule has 0 unspecified atom stereocenters. The van der Waals surface area contributed by atoms with Gasteiger partial charge in [-0.2, -0.15) is 0 Å². The Morgan fingerprint density at radius 1 is 1.00 bits per heavy atom. The molecular formula is C38H45N3O9. The highest BCUT2D eigenvalue weighted by Gasteiger charge is 2.72. The number of hydrogen-bond acceptors (Lipinski definition) is 9. The number of nitrogens with zero attached hydrogens (tertiary/aromatic N) is 2. The number of rotatable bonds is 8. The predicted molar refractivity (Wildman–Crippen MR) is 183 cm³/mol. The van der Waals surface area contributed by atoms with Crippen LogP contribution in [-0.2, 0) is 33.4 Å². The molecule has 12 heteroatoms. The number of esters is 1. The number of cyclic esters (lactones) is 1. The molecule has 0 saturated carbocycles. The highest BCUT2D eigenvalue weighted by Crippen LogP contribution is 2.54. The molecule has 8 atom stereocenters. The molecule has 50 heavy (non-hydrogen) atoms. The van der Waals surface area contributed by atoms with Gasteiger partial charge in [0.1, 0.15) is 29.4 Å². The van der Waals surface area contributed by atoms with Crippen LogP contribution in [0.15, 0.2) is 78.9 Å². The number of carbonyl (C=O) groups is 4. The van der Waals surface area contributed by atoms with E-state index in [0.29, 0.717) is 23.4 Å². The Bertz CT molecular complexity index is 1630. The normalized spacial score (nSPS) is 31.1. The second-order valence-electron chi connectivity index (χ2n) is 13.5. The topological polar surface area (TPSA) is 144 Å². The van der Waals surface area contributed by atoms with Gasteiger partial charge < -0.3 is 39.2 Å². The fourth-order valence-electron chi connectivity index (χ4n) is 7.80. The number of methoxy groups -OCH3 is 2. The van der Waals surface area contributed by atoms with Crippen LogP contribution < -0.4 is 15.0 Å². The number of carbonyl (C=O) groups excluding carboxylic acids is 4. The van der Waals surface area contributed by atoms with Crippen molar-refractivity contribution in [3.63, 3.8) is 0 Å². The number of nitrogens with one attached hydrogen (secondary N) is 1. The van der Waals surface area contributed by atoms with Crippen molar-refractivity contribution >= 4 is 29.4 Å². The lowest BCUT2D eigenvalue weighted by Crippen LogP contribution is -2.59. The number of hydrogen-bond donors (Lipinski definition) is 2. The molecule has 4 heterocycles. The summed E-state index contributed by atoms with van der Waals surface area (Å²) in [5.74, 6) is -3.71. The maximum absolute atomic E-state index is 14.9. The van der Waals surface area contributed by atoms with E-state index in [4.69, 9.17) is 18.9 Å². The molecule has 0 aliphatic carbocycles. The maximum Gasteiger partial charge on any atom is 0.313 e. The van der Waals surface area contributed by atoms with Gasteiger partial charge in [-0.15, -0.1) is 0 Å². The van der Waals surface area contributed by atoms with Gasteiger partial charge in [0.15, 0.2) is 0 Å². The van der Waals surface area contributed by atoms with Crippen LogP contribution in [0.1, 0.15) is 38.4 Å². The summed E-state index contributed by atoms with van der Waals surface area (Å²) in [6.07, 6.45) is 5.62. The minimum Gasteiger partial charge on any atom is -0.497 e. The van der Waals surface area contributed by atoms with Gasteiger partial charge in [-0.3, -0.25) is 19.2 Å². The number of benzene rings is 2. The summed E-state index contributed by atoms with van der Waals surface area (Å²) in [6, 6.07) is 13.4. The summed E-state index contributed by atoms with van der Waals surface area (Å²) >= 11 is 0. The van der Waals surface area contributed by atoms with Gasteiger partial charge in [-0.05, 0) is 42.2 Å². The number of likely N-dealkylation sites (tertiary alicyclic amines) is 1. The van der Waals surface area contributed by atoms with Gasteiger partial charge >= 0.3 is 5.97 Å². The van der Waals surface area contributed by atoms with Crippen LogP contribution in [0.2, 0.25) is 0 Å². The van der Waals surface area contributed by atoms with E-state index in [1.165, 1.54) is 12.0 Å². The highest BCUT2D eigenvalue weighted by molar-refractivity contribution is 6.05. The zero-order valence-corrected chi connectivity index (χ0v) is 28.8. The summed E-state index contributed by atoms with van der Waals surface area (Å²) < 4.78 is 23.9. The average Bonchev–Trinajstić information content (AvgIpc) is 3.50. The molecule has 4 aliphatic heterocycles. The van der Waals surface area contributed by atoms with Crippen molar-refractivity contribution in [3.8, 4) is 5.75 Å². The van der Waals surface area contributed by atoms with Crippen LogP contribution in [0.3, 0.4) is 0 Å². The molecule has 266 valence electrons. The van der Waals surface area contributed by atoms with E-state index < -0.39 is 72.2 Å². The standard InChI is InChI=1S/C38H45N3O9/c1-23(2)28(21-42)41-34-36(45)40(25-15-17-26(48-4)18-16-25)20-10-19-38(34)32(35(41)44)31-29(50-38)13-8-9-14-30(43)39-27(22-47-3)33(49-37(31)46)24-11-6-5-7-12-24/h5-8,10-13,15-19,23,27-29,31-34,42H,9,14,20-22H2,1-4H3,(H,39,43)/b13-8-/t27-,28+,29-,31+,32+,33-,34-,38+/m1/s1. The van der Waals surface area contributed by atoms with Gasteiger partial charge in [0.2, 0.25) is 11.8 Å². The van der Waals surface area contributed by atoms with Crippen LogP contribution in [-0.4, -0.2) is 97.5 Å². The third-order valence-corrected chi connectivity index (χ3v) is 10.2. The lowest BCUT2D eigenvalue weighted by molar-refractivity contribution is -0.163. The first-order valence-corrected chi connectivity index (χ1v) is 17.1. The second-order valence-corrected chi connectivity index (χ2v) is 13.5. The molecule has 1 spiro atoms. The van der Waals surface area contributed by atoms with E-state index in [1.807, 2.05) is 32.0 Å². The van der Waals surface area contributed by atoms with Crippen LogP contribution >= 0.6 is 0 Å². The molecular weight excluding hydrogens is 642 g/mol. The molecule has 12 nitrogen and oxygen atoms in total. The summed E-state index contributed by atoms with van der Waals surface area (Å²) in [5, 5.41) is 13.6. The van der Waals surface area contributed by atoms with Gasteiger partial charge in [-0.1, -0.05) is 68.5 Å². The van der Waals surface area contributed by atoms with Gasteiger partial charge in [-0.25, -0.2) is 0 Å². The maximum atomic E-state index is 14.9. The quantitative estimate of drug-likeness (QED) is 0.316. The minimum absolute atomic E-state index is 0.0617. The van der Waals surface area contributed by atoms with Crippen molar-refractivity contribution in [2.24, 2.45) is 17.8 Å². The SMILES string of the molecule is COC[C@H]1NC(=O)CC/C=C\[C@H]2O[C@]34C=CCN(c5ccc(OC)cc5)C(=O)[C@H]3N([C@@H](CO)C(C)C)C(=O)[C@@H]4[C@H]2C(=O)O[C@@H]1c1ccccc1. The molecule has 2 fully saturated rings. The lowest BCUT2D eigenvalue weighted by atomic mass is 9.77. The van der Waals surface area contributed by atoms with E-state index in [2.05, 4.69) is 5.32 Å². The first kappa shape index (κ1) is 35.3. The second kappa shape index (κ2) is 14.8. The Morgan fingerprint density at radius 3 is 2.40 bits per heavy atom. The zero-order valence-electron chi connectivity index (χ0n) is 28.8. The molecule has 2 aromatic rings. The van der Waals surface area contributed by atoms with E-state index in [0.717, 1.165) is 0 Å². The molecule has 0 bridgehead atoms. The number of ether oxygens (including phenoxy) is 4.